The van der Waals surface area contributed by atoms with Crippen LogP contribution in [-0.2, 0) is 4.79 Å². The van der Waals surface area contributed by atoms with E-state index >= 15 is 0 Å². The van der Waals surface area contributed by atoms with E-state index in [1.54, 1.807) is 0 Å². The van der Waals surface area contributed by atoms with E-state index in [4.69, 9.17) is 0 Å². The van der Waals surface area contributed by atoms with Gasteiger partial charge in [-0.3, -0.25) is 4.79 Å². The Hall–Kier alpha value is -1.60. The van der Waals surface area contributed by atoms with Gasteiger partial charge in [0.05, 0.1) is 5.54 Å². The highest BCUT2D eigenvalue weighted by atomic mass is 19.3. The summed E-state index contributed by atoms with van der Waals surface area (Å²) in [5, 5.41) is 23.0. The van der Waals surface area contributed by atoms with Crippen molar-refractivity contribution in [3.63, 3.8) is 0 Å². The quantitative estimate of drug-likeness (QED) is 0.759. The molecule has 3 rings (SSSR count). The maximum Gasteiger partial charge on any atom is 0.352 e. The Morgan fingerprint density at radius 2 is 1.64 bits per heavy atom. The Bertz CT molecular complexity index is 637. The van der Waals surface area contributed by atoms with Gasteiger partial charge in [-0.2, -0.15) is 8.78 Å². The average Bonchev–Trinajstić information content (AvgIpc) is 3.02. The van der Waals surface area contributed by atoms with Crippen molar-refractivity contribution in [2.75, 3.05) is 0 Å². The maximum atomic E-state index is 14.4. The smallest absolute Gasteiger partial charge is 0.352 e. The number of halogens is 3. The van der Waals surface area contributed by atoms with Gasteiger partial charge in [-0.15, -0.1) is 0 Å². The average molecular weight is 357 g/mol. The van der Waals surface area contributed by atoms with Crippen molar-refractivity contribution in [2.24, 2.45) is 0 Å². The number of hydrogen-bond acceptors (Lipinski definition) is 3. The third kappa shape index (κ3) is 3.04. The molecule has 1 amide bonds. The van der Waals surface area contributed by atoms with E-state index < -0.39 is 34.9 Å². The molecule has 0 radical (unpaired) electrons. The van der Waals surface area contributed by atoms with Crippen LogP contribution in [0.15, 0.2) is 24.3 Å². The molecule has 2 fully saturated rings. The number of carbonyl (C=O) groups excluding carboxylic acids is 1. The molecular weight excluding hydrogens is 335 g/mol. The second-order valence-electron chi connectivity index (χ2n) is 7.23. The number of carbonyl (C=O) groups is 1. The Kier molecular flexibility index (Phi) is 4.58. The maximum absolute atomic E-state index is 14.4. The molecular formula is C18H22F3NO3. The van der Waals surface area contributed by atoms with E-state index in [0.29, 0.717) is 37.7 Å². The SMILES string of the molecule is O=C(NC1(C(O)c2ccc(F)cc2)CCCC1)C(F)(F)C1(O)CCC1. The van der Waals surface area contributed by atoms with Crippen molar-refractivity contribution in [3.05, 3.63) is 35.6 Å². The van der Waals surface area contributed by atoms with Crippen LogP contribution in [0.1, 0.15) is 56.6 Å². The summed E-state index contributed by atoms with van der Waals surface area (Å²) in [4.78, 5) is 12.3. The fourth-order valence-electron chi connectivity index (χ4n) is 3.78. The summed E-state index contributed by atoms with van der Waals surface area (Å²) in [6, 6.07) is 5.11. The molecule has 1 aromatic carbocycles. The highest BCUT2D eigenvalue weighted by molar-refractivity contribution is 5.86. The van der Waals surface area contributed by atoms with Crippen LogP contribution in [0.25, 0.3) is 0 Å². The van der Waals surface area contributed by atoms with E-state index in [-0.39, 0.29) is 12.8 Å². The van der Waals surface area contributed by atoms with E-state index in [1.165, 1.54) is 24.3 Å². The standard InChI is InChI=1S/C18H22F3NO3/c19-13-6-4-12(5-7-13)14(23)16(8-1-2-9-16)22-15(24)18(20,21)17(25)10-3-11-17/h4-7,14,23,25H,1-3,8-11H2,(H,22,24). The van der Waals surface area contributed by atoms with Crippen molar-refractivity contribution in [1.82, 2.24) is 5.32 Å². The highest BCUT2D eigenvalue weighted by Crippen LogP contribution is 2.46. The highest BCUT2D eigenvalue weighted by Gasteiger charge is 2.62. The Labute approximate surface area is 144 Å². The predicted octanol–water partition coefficient (Wildman–Crippen LogP) is 2.84. The summed E-state index contributed by atoms with van der Waals surface area (Å²) in [6.45, 7) is 0. The number of nitrogens with one attached hydrogen (secondary N) is 1. The number of aliphatic hydroxyl groups excluding tert-OH is 1. The fraction of sp³-hybridized carbons (Fsp3) is 0.611. The summed E-state index contributed by atoms with van der Waals surface area (Å²) in [5.74, 6) is -5.94. The monoisotopic (exact) mass is 357 g/mol. The lowest BCUT2D eigenvalue weighted by molar-refractivity contribution is -0.217. The normalized spacial score (nSPS) is 22.9. The Morgan fingerprint density at radius 3 is 2.12 bits per heavy atom. The van der Waals surface area contributed by atoms with Crippen LogP contribution in [0.2, 0.25) is 0 Å². The van der Waals surface area contributed by atoms with Gasteiger partial charge < -0.3 is 15.5 Å². The summed E-state index contributed by atoms with van der Waals surface area (Å²) in [5.41, 5.74) is -3.19. The minimum atomic E-state index is -3.91. The zero-order valence-corrected chi connectivity index (χ0v) is 13.8. The van der Waals surface area contributed by atoms with Gasteiger partial charge in [0.15, 0.2) is 0 Å². The number of alkyl halides is 2. The van der Waals surface area contributed by atoms with Gasteiger partial charge in [0.2, 0.25) is 0 Å². The van der Waals surface area contributed by atoms with Crippen molar-refractivity contribution < 1.29 is 28.2 Å². The Morgan fingerprint density at radius 1 is 1.08 bits per heavy atom. The molecule has 0 spiro atoms. The van der Waals surface area contributed by atoms with E-state index in [9.17, 15) is 28.2 Å². The summed E-state index contributed by atoms with van der Waals surface area (Å²) >= 11 is 0. The minimum absolute atomic E-state index is 0.124. The molecule has 0 aromatic heterocycles. The first-order valence-electron chi connectivity index (χ1n) is 8.57. The summed E-state index contributed by atoms with van der Waals surface area (Å²) in [6.07, 6.45) is 0.997. The van der Waals surface area contributed by atoms with Gasteiger partial charge in [-0.05, 0) is 49.8 Å². The third-order valence-electron chi connectivity index (χ3n) is 5.62. The number of rotatable bonds is 5. The number of amides is 1. The van der Waals surface area contributed by atoms with Crippen LogP contribution in [-0.4, -0.2) is 33.2 Å². The minimum Gasteiger partial charge on any atom is -0.386 e. The zero-order valence-electron chi connectivity index (χ0n) is 13.8. The van der Waals surface area contributed by atoms with Gasteiger partial charge in [0, 0.05) is 0 Å². The topological polar surface area (TPSA) is 69.6 Å². The molecule has 0 bridgehead atoms. The lowest BCUT2D eigenvalue weighted by atomic mass is 9.74. The number of hydrogen-bond donors (Lipinski definition) is 3. The molecule has 0 heterocycles. The molecule has 4 nitrogen and oxygen atoms in total. The molecule has 1 aromatic rings. The van der Waals surface area contributed by atoms with Crippen molar-refractivity contribution >= 4 is 5.91 Å². The fourth-order valence-corrected chi connectivity index (χ4v) is 3.78. The molecule has 2 aliphatic carbocycles. The van der Waals surface area contributed by atoms with Crippen LogP contribution < -0.4 is 5.32 Å². The van der Waals surface area contributed by atoms with Crippen molar-refractivity contribution in [1.29, 1.82) is 0 Å². The second-order valence-corrected chi connectivity index (χ2v) is 7.23. The molecule has 3 N–H and O–H groups in total. The van der Waals surface area contributed by atoms with Crippen LogP contribution in [0.3, 0.4) is 0 Å². The molecule has 7 heteroatoms. The van der Waals surface area contributed by atoms with Gasteiger partial charge in [-0.25, -0.2) is 4.39 Å². The summed E-state index contributed by atoms with van der Waals surface area (Å²) in [7, 11) is 0. The van der Waals surface area contributed by atoms with Gasteiger partial charge >= 0.3 is 5.92 Å². The molecule has 25 heavy (non-hydrogen) atoms. The first-order valence-corrected chi connectivity index (χ1v) is 8.57. The van der Waals surface area contributed by atoms with Crippen LogP contribution in [0, 0.1) is 5.82 Å². The van der Waals surface area contributed by atoms with Crippen LogP contribution >= 0.6 is 0 Å². The molecule has 2 saturated carbocycles. The lowest BCUT2D eigenvalue weighted by Gasteiger charge is -2.44. The van der Waals surface area contributed by atoms with Crippen LogP contribution in [0.4, 0.5) is 13.2 Å². The van der Waals surface area contributed by atoms with Crippen molar-refractivity contribution in [2.45, 2.75) is 68.1 Å². The second kappa shape index (κ2) is 6.29. The largest absolute Gasteiger partial charge is 0.386 e. The molecule has 138 valence electrons. The molecule has 0 saturated heterocycles. The van der Waals surface area contributed by atoms with E-state index in [2.05, 4.69) is 5.32 Å². The van der Waals surface area contributed by atoms with Gasteiger partial charge in [0.1, 0.15) is 17.5 Å². The number of aliphatic hydroxyl groups is 2. The molecule has 2 aliphatic rings. The number of benzene rings is 1. The third-order valence-corrected chi connectivity index (χ3v) is 5.62. The van der Waals surface area contributed by atoms with Crippen molar-refractivity contribution in [3.8, 4) is 0 Å². The molecule has 0 aliphatic heterocycles. The van der Waals surface area contributed by atoms with E-state index in [0.717, 1.165) is 0 Å². The van der Waals surface area contributed by atoms with Crippen LogP contribution in [0.5, 0.6) is 0 Å². The first-order chi connectivity index (χ1) is 11.7. The Balaban J connectivity index is 1.83. The predicted molar refractivity (Wildman–Crippen MR) is 84.4 cm³/mol. The molecule has 1 atom stereocenters. The van der Waals surface area contributed by atoms with Gasteiger partial charge in [0.25, 0.3) is 5.91 Å². The van der Waals surface area contributed by atoms with E-state index in [1.807, 2.05) is 0 Å². The van der Waals surface area contributed by atoms with Gasteiger partial charge in [-0.1, -0.05) is 25.0 Å². The first kappa shape index (κ1) is 18.2. The lowest BCUT2D eigenvalue weighted by Crippen LogP contribution is -2.64. The molecule has 1 unspecified atom stereocenters. The summed E-state index contributed by atoms with van der Waals surface area (Å²) < 4.78 is 41.9. The zero-order chi connectivity index (χ0) is 18.3.